The first-order valence-corrected chi connectivity index (χ1v) is 21.0. The van der Waals surface area contributed by atoms with Crippen molar-refractivity contribution in [2.45, 2.75) is 160 Å². The van der Waals surface area contributed by atoms with Gasteiger partial charge in [-0.15, -0.1) is 0 Å². The molecular weight excluding hydrogens is 704 g/mol. The van der Waals surface area contributed by atoms with Crippen LogP contribution in [0.3, 0.4) is 0 Å². The zero-order chi connectivity index (χ0) is 36.9. The summed E-state index contributed by atoms with van der Waals surface area (Å²) in [5.41, 5.74) is 6.13. The van der Waals surface area contributed by atoms with E-state index in [-0.39, 0.29) is 35.5 Å². The first kappa shape index (κ1) is 43.9. The number of nitrogen functional groups attached to an aromatic ring is 1. The van der Waals surface area contributed by atoms with Crippen LogP contribution in [-0.4, -0.2) is 87.0 Å². The fourth-order valence-electron chi connectivity index (χ4n) is 6.08. The van der Waals surface area contributed by atoms with Crippen molar-refractivity contribution in [2.75, 3.05) is 38.8 Å². The van der Waals surface area contributed by atoms with Crippen LogP contribution < -0.4 is 5.73 Å². The van der Waals surface area contributed by atoms with Gasteiger partial charge in [0.2, 0.25) is 5.28 Å². The van der Waals surface area contributed by atoms with Crippen molar-refractivity contribution in [1.82, 2.24) is 19.5 Å². The lowest BCUT2D eigenvalue weighted by Gasteiger charge is -2.21. The molecule has 1 saturated heterocycles. The molecule has 0 spiro atoms. The van der Waals surface area contributed by atoms with Gasteiger partial charge in [-0.25, -0.2) is 13.9 Å². The molecule has 0 aliphatic carbocycles. The smallest absolute Gasteiger partial charge is 0.387 e. The molecule has 51 heavy (non-hydrogen) atoms. The van der Waals surface area contributed by atoms with E-state index in [0.29, 0.717) is 13.2 Å². The van der Waals surface area contributed by atoms with Gasteiger partial charge < -0.3 is 29.9 Å². The first-order chi connectivity index (χ1) is 24.7. The Hall–Kier alpha value is -1.48. The van der Waals surface area contributed by atoms with Crippen LogP contribution in [0.2, 0.25) is 5.28 Å². The average Bonchev–Trinajstić information content (AvgIpc) is 3.65. The second-order valence-electron chi connectivity index (χ2n) is 13.5. The highest BCUT2D eigenvalue weighted by Crippen LogP contribution is 2.45. The summed E-state index contributed by atoms with van der Waals surface area (Å²) >= 11 is 5.91. The van der Waals surface area contributed by atoms with E-state index in [2.05, 4.69) is 28.8 Å². The van der Waals surface area contributed by atoms with E-state index >= 15 is 4.39 Å². The SMILES string of the molecule is CCCCCCCCCCCCOC[C@H](COP(=O)(O)OC[C@H]1O[C@@H](n2cnc3c(N)nc(Cl)nc32)[C@@H](F)[C@@H]1O)OCCCCCCCCCC. The summed E-state index contributed by atoms with van der Waals surface area (Å²) in [5, 5.41) is 10.4. The van der Waals surface area contributed by atoms with Crippen LogP contribution in [-0.2, 0) is 27.8 Å². The highest BCUT2D eigenvalue weighted by atomic mass is 35.5. The van der Waals surface area contributed by atoms with Crippen molar-refractivity contribution in [3.05, 3.63) is 11.6 Å². The number of imidazole rings is 1. The number of unbranched alkanes of at least 4 members (excludes halogenated alkanes) is 16. The van der Waals surface area contributed by atoms with Crippen molar-refractivity contribution in [2.24, 2.45) is 0 Å². The Labute approximate surface area is 308 Å². The monoisotopic (exact) mass is 765 g/mol. The highest BCUT2D eigenvalue weighted by Gasteiger charge is 2.47. The number of anilines is 1. The van der Waals surface area contributed by atoms with E-state index in [1.165, 1.54) is 94.4 Å². The van der Waals surface area contributed by atoms with E-state index < -0.39 is 45.1 Å². The predicted octanol–water partition coefficient (Wildman–Crippen LogP) is 8.26. The molecule has 0 aromatic carbocycles. The molecule has 1 unspecified atom stereocenters. The van der Waals surface area contributed by atoms with Gasteiger partial charge in [0.15, 0.2) is 23.9 Å². The lowest BCUT2D eigenvalue weighted by molar-refractivity contribution is -0.0569. The lowest BCUT2D eigenvalue weighted by atomic mass is 10.1. The fourth-order valence-corrected chi connectivity index (χ4v) is 7.02. The quantitative estimate of drug-likeness (QED) is 0.0395. The topological polar surface area (TPSA) is 173 Å². The largest absolute Gasteiger partial charge is 0.472 e. The predicted molar refractivity (Wildman–Crippen MR) is 196 cm³/mol. The minimum absolute atomic E-state index is 0.000228. The van der Waals surface area contributed by atoms with Crippen LogP contribution in [0.5, 0.6) is 0 Å². The maximum atomic E-state index is 15.2. The molecule has 2 aromatic heterocycles. The Bertz CT molecular complexity index is 1280. The van der Waals surface area contributed by atoms with Crippen molar-refractivity contribution >= 4 is 36.4 Å². The Kier molecular flexibility index (Phi) is 21.3. The Morgan fingerprint density at radius 2 is 1.47 bits per heavy atom. The molecule has 0 amide bonds. The number of aliphatic hydroxyl groups excluding tert-OH is 1. The van der Waals surface area contributed by atoms with E-state index in [1.807, 2.05) is 0 Å². The summed E-state index contributed by atoms with van der Waals surface area (Å²) < 4.78 is 57.2. The lowest BCUT2D eigenvalue weighted by Crippen LogP contribution is -2.31. The summed E-state index contributed by atoms with van der Waals surface area (Å²) in [6.45, 7) is 4.84. The second kappa shape index (κ2) is 24.8. The van der Waals surface area contributed by atoms with Crippen LogP contribution in [0.4, 0.5) is 10.2 Å². The number of nitrogens with zero attached hydrogens (tertiary/aromatic N) is 4. The number of ether oxygens (including phenoxy) is 3. The molecular formula is C35H62ClFN5O8P. The zero-order valence-corrected chi connectivity index (χ0v) is 32.3. The number of nitrogens with two attached hydrogens (primary N) is 1. The third kappa shape index (κ3) is 16.2. The van der Waals surface area contributed by atoms with Gasteiger partial charge in [0.05, 0.1) is 26.1 Å². The normalized spacial score (nSPS) is 21.1. The van der Waals surface area contributed by atoms with E-state index in [1.54, 1.807) is 0 Å². The van der Waals surface area contributed by atoms with Gasteiger partial charge in [-0.1, -0.05) is 117 Å². The van der Waals surface area contributed by atoms with Gasteiger partial charge in [-0.3, -0.25) is 13.6 Å². The molecule has 4 N–H and O–H groups in total. The number of phosphoric acid groups is 1. The van der Waals surface area contributed by atoms with E-state index in [0.717, 1.165) is 32.1 Å². The van der Waals surface area contributed by atoms with Gasteiger partial charge in [-0.05, 0) is 24.4 Å². The number of aromatic nitrogens is 4. The molecule has 6 atom stereocenters. The molecule has 13 nitrogen and oxygen atoms in total. The third-order valence-electron chi connectivity index (χ3n) is 9.11. The maximum Gasteiger partial charge on any atom is 0.472 e. The van der Waals surface area contributed by atoms with E-state index in [9.17, 15) is 14.6 Å². The van der Waals surface area contributed by atoms with Crippen molar-refractivity contribution in [1.29, 1.82) is 0 Å². The molecule has 16 heteroatoms. The molecule has 0 bridgehead atoms. The minimum atomic E-state index is -4.63. The molecule has 1 fully saturated rings. The second-order valence-corrected chi connectivity index (χ2v) is 15.3. The summed E-state index contributed by atoms with van der Waals surface area (Å²) in [5.74, 6) is 0.000228. The van der Waals surface area contributed by atoms with Gasteiger partial charge in [-0.2, -0.15) is 9.97 Å². The average molecular weight is 766 g/mol. The van der Waals surface area contributed by atoms with Crippen LogP contribution >= 0.6 is 19.4 Å². The van der Waals surface area contributed by atoms with Gasteiger partial charge in [0, 0.05) is 13.2 Å². The van der Waals surface area contributed by atoms with Gasteiger partial charge in [0.25, 0.3) is 0 Å². The first-order valence-electron chi connectivity index (χ1n) is 19.1. The Morgan fingerprint density at radius 3 is 2.08 bits per heavy atom. The van der Waals surface area contributed by atoms with Crippen LogP contribution in [0.25, 0.3) is 11.2 Å². The third-order valence-corrected chi connectivity index (χ3v) is 10.2. The number of phosphoric ester groups is 1. The summed E-state index contributed by atoms with van der Waals surface area (Å²) in [7, 11) is -4.63. The van der Waals surface area contributed by atoms with Gasteiger partial charge in [0.1, 0.15) is 23.8 Å². The van der Waals surface area contributed by atoms with Crippen LogP contribution in [0.1, 0.15) is 136 Å². The maximum absolute atomic E-state index is 15.2. The molecule has 3 rings (SSSR count). The number of hydrogen-bond acceptors (Lipinski definition) is 11. The number of halogens is 2. The van der Waals surface area contributed by atoms with E-state index in [4.69, 9.17) is 40.6 Å². The van der Waals surface area contributed by atoms with Crippen molar-refractivity contribution in [3.8, 4) is 0 Å². The minimum Gasteiger partial charge on any atom is -0.387 e. The standard InChI is InChI=1S/C35H62ClFN5O8P/c1-3-5-7-9-11-13-14-15-17-19-21-46-23-27(47-22-20-18-16-12-10-8-6-4-2)24-48-51(44,45)49-25-28-31(43)29(37)34(50-28)42-26-39-30-32(38)40-35(36)41-33(30)42/h26-29,31,34,43H,3-25H2,1-2H3,(H,44,45)(H2,38,40,41)/t27-,28-,29+,31-,34-/m1/s1. The summed E-state index contributed by atoms with van der Waals surface area (Å²) in [6.07, 6.45) is 16.0. The molecule has 1 aliphatic rings. The molecule has 0 saturated carbocycles. The highest BCUT2D eigenvalue weighted by molar-refractivity contribution is 7.47. The number of hydrogen-bond donors (Lipinski definition) is 3. The van der Waals surface area contributed by atoms with Crippen molar-refractivity contribution in [3.63, 3.8) is 0 Å². The number of alkyl halides is 1. The molecule has 294 valence electrons. The van der Waals surface area contributed by atoms with Crippen molar-refractivity contribution < 1.29 is 42.2 Å². The molecule has 3 heterocycles. The molecule has 2 aromatic rings. The summed E-state index contributed by atoms with van der Waals surface area (Å²) in [6, 6.07) is 0. The Morgan fingerprint density at radius 1 is 0.902 bits per heavy atom. The molecule has 0 radical (unpaired) electrons. The number of aliphatic hydroxyl groups is 1. The number of fused-ring (bicyclic) bond motifs is 1. The summed E-state index contributed by atoms with van der Waals surface area (Å²) in [4.78, 5) is 22.4. The van der Waals surface area contributed by atoms with Crippen LogP contribution in [0, 0.1) is 0 Å². The van der Waals surface area contributed by atoms with Gasteiger partial charge >= 0.3 is 7.82 Å². The van der Waals surface area contributed by atoms with Crippen LogP contribution in [0.15, 0.2) is 6.33 Å². The number of rotatable bonds is 30. The zero-order valence-electron chi connectivity index (χ0n) is 30.6. The fraction of sp³-hybridized carbons (Fsp3) is 0.857. The Balaban J connectivity index is 1.42. The molecule has 1 aliphatic heterocycles.